The molecule has 0 rings (SSSR count). The normalized spacial score (nSPS) is 11.8. The van der Waals surface area contributed by atoms with Crippen LogP contribution in [-0.2, 0) is 14.8 Å². The van der Waals surface area contributed by atoms with Gasteiger partial charge in [-0.2, -0.15) is 0 Å². The largest absolute Gasteiger partial charge is 0.382 e. The van der Waals surface area contributed by atoms with E-state index in [1.807, 2.05) is 6.92 Å². The van der Waals surface area contributed by atoms with Crippen LogP contribution in [0.1, 0.15) is 13.3 Å². The maximum atomic E-state index is 10.5. The van der Waals surface area contributed by atoms with E-state index < -0.39 is 10.0 Å². The molecule has 0 aliphatic rings. The second-order valence-electron chi connectivity index (χ2n) is 2.67. The molecule has 0 radical (unpaired) electrons. The van der Waals surface area contributed by atoms with Crippen LogP contribution in [0.5, 0.6) is 0 Å². The molecule has 0 aliphatic carbocycles. The quantitative estimate of drug-likeness (QED) is 0.519. The summed E-state index contributed by atoms with van der Waals surface area (Å²) in [5, 5.41) is 7.77. The van der Waals surface area contributed by atoms with Crippen molar-refractivity contribution in [3.05, 3.63) is 0 Å². The smallest absolute Gasteiger partial charge is 0.210 e. The van der Waals surface area contributed by atoms with Gasteiger partial charge in [0.2, 0.25) is 10.0 Å². The molecule has 80 valence electrons. The second-order valence-corrected chi connectivity index (χ2v) is 4.40. The van der Waals surface area contributed by atoms with Gasteiger partial charge in [0.05, 0.1) is 5.75 Å². The zero-order valence-corrected chi connectivity index (χ0v) is 8.77. The van der Waals surface area contributed by atoms with Crippen LogP contribution in [0.2, 0.25) is 0 Å². The predicted octanol–water partition coefficient (Wildman–Crippen LogP) is -0.709. The standard InChI is InChI=1S/C7H18N2O3S/c1-2-12-6-3-4-9-5-7-13(8,10)11/h9H,2-7H2,1H3,(H2,8,10,11). The van der Waals surface area contributed by atoms with Crippen LogP contribution in [0.3, 0.4) is 0 Å². The minimum Gasteiger partial charge on any atom is -0.382 e. The minimum absolute atomic E-state index is 0.0123. The number of primary sulfonamides is 1. The number of hydrogen-bond donors (Lipinski definition) is 2. The molecule has 0 aromatic rings. The molecule has 0 unspecified atom stereocenters. The summed E-state index contributed by atoms with van der Waals surface area (Å²) < 4.78 is 26.1. The Balaban J connectivity index is 3.09. The van der Waals surface area contributed by atoms with Gasteiger partial charge in [0.1, 0.15) is 0 Å². The third-order valence-electron chi connectivity index (χ3n) is 1.41. The highest BCUT2D eigenvalue weighted by Gasteiger charge is 2.00. The number of rotatable bonds is 8. The van der Waals surface area contributed by atoms with Crippen molar-refractivity contribution in [2.75, 3.05) is 32.1 Å². The third kappa shape index (κ3) is 11.8. The van der Waals surface area contributed by atoms with E-state index in [0.29, 0.717) is 13.2 Å². The molecule has 3 N–H and O–H groups in total. The zero-order chi connectivity index (χ0) is 10.2. The van der Waals surface area contributed by atoms with Gasteiger partial charge >= 0.3 is 0 Å². The molecule has 0 spiro atoms. The summed E-state index contributed by atoms with van der Waals surface area (Å²) in [5.41, 5.74) is 0. The Morgan fingerprint density at radius 3 is 2.62 bits per heavy atom. The van der Waals surface area contributed by atoms with Gasteiger partial charge in [0.25, 0.3) is 0 Å². The summed E-state index contributed by atoms with van der Waals surface area (Å²) >= 11 is 0. The second kappa shape index (κ2) is 7.25. The highest BCUT2D eigenvalue weighted by Crippen LogP contribution is 1.80. The number of hydrogen-bond acceptors (Lipinski definition) is 4. The Hall–Kier alpha value is -0.170. The maximum Gasteiger partial charge on any atom is 0.210 e. The van der Waals surface area contributed by atoms with Crippen LogP contribution in [0.15, 0.2) is 0 Å². The first-order valence-electron chi connectivity index (χ1n) is 4.35. The lowest BCUT2D eigenvalue weighted by atomic mass is 10.4. The van der Waals surface area contributed by atoms with Crippen LogP contribution >= 0.6 is 0 Å². The maximum absolute atomic E-state index is 10.5. The first kappa shape index (κ1) is 12.8. The average Bonchev–Trinajstić information content (AvgIpc) is 2.01. The predicted molar refractivity (Wildman–Crippen MR) is 52.0 cm³/mol. The number of nitrogens with two attached hydrogens (primary N) is 1. The van der Waals surface area contributed by atoms with E-state index in [1.54, 1.807) is 0 Å². The summed E-state index contributed by atoms with van der Waals surface area (Å²) in [6, 6.07) is 0. The van der Waals surface area contributed by atoms with Gasteiger partial charge in [0.15, 0.2) is 0 Å². The van der Waals surface area contributed by atoms with E-state index in [0.717, 1.165) is 19.6 Å². The Morgan fingerprint density at radius 1 is 1.38 bits per heavy atom. The summed E-state index contributed by atoms with van der Waals surface area (Å²) in [6.45, 7) is 4.53. The van der Waals surface area contributed by atoms with Gasteiger partial charge < -0.3 is 10.1 Å². The molecule has 0 amide bonds. The van der Waals surface area contributed by atoms with Gasteiger partial charge in [0, 0.05) is 19.8 Å². The van der Waals surface area contributed by atoms with Crippen molar-refractivity contribution in [1.82, 2.24) is 5.32 Å². The lowest BCUT2D eigenvalue weighted by Crippen LogP contribution is -2.28. The van der Waals surface area contributed by atoms with Crippen molar-refractivity contribution in [1.29, 1.82) is 0 Å². The van der Waals surface area contributed by atoms with Gasteiger partial charge in [-0.3, -0.25) is 0 Å². The Bertz CT molecular complexity index is 204. The van der Waals surface area contributed by atoms with Crippen molar-refractivity contribution in [3.8, 4) is 0 Å². The van der Waals surface area contributed by atoms with Gasteiger partial charge in [-0.15, -0.1) is 0 Å². The molecule has 0 saturated carbocycles. The zero-order valence-electron chi connectivity index (χ0n) is 7.95. The number of sulfonamides is 1. The summed E-state index contributed by atoms with van der Waals surface area (Å²) in [5.74, 6) is -0.0123. The van der Waals surface area contributed by atoms with E-state index in [9.17, 15) is 8.42 Å². The van der Waals surface area contributed by atoms with Gasteiger partial charge in [-0.05, 0) is 19.9 Å². The lowest BCUT2D eigenvalue weighted by Gasteiger charge is -2.03. The topological polar surface area (TPSA) is 81.4 Å². The molecule has 0 aliphatic heterocycles. The van der Waals surface area contributed by atoms with E-state index >= 15 is 0 Å². The van der Waals surface area contributed by atoms with Gasteiger partial charge in [-0.25, -0.2) is 13.6 Å². The summed E-state index contributed by atoms with van der Waals surface area (Å²) in [6.07, 6.45) is 0.887. The van der Waals surface area contributed by atoms with Crippen LogP contribution in [0, 0.1) is 0 Å². The molecule has 0 saturated heterocycles. The molecule has 6 heteroatoms. The molecule has 0 fully saturated rings. The van der Waals surface area contributed by atoms with Crippen LogP contribution < -0.4 is 10.5 Å². The highest BCUT2D eigenvalue weighted by molar-refractivity contribution is 7.89. The average molecular weight is 210 g/mol. The highest BCUT2D eigenvalue weighted by atomic mass is 32.2. The fourth-order valence-corrected chi connectivity index (χ4v) is 1.21. The fraction of sp³-hybridized carbons (Fsp3) is 1.00. The van der Waals surface area contributed by atoms with Crippen molar-refractivity contribution in [2.45, 2.75) is 13.3 Å². The van der Waals surface area contributed by atoms with E-state index in [-0.39, 0.29) is 5.75 Å². The van der Waals surface area contributed by atoms with Crippen molar-refractivity contribution >= 4 is 10.0 Å². The number of ether oxygens (including phenoxy) is 1. The molecular weight excluding hydrogens is 192 g/mol. The molecule has 0 atom stereocenters. The van der Waals surface area contributed by atoms with Crippen LogP contribution in [-0.4, -0.2) is 40.5 Å². The summed E-state index contributed by atoms with van der Waals surface area (Å²) in [4.78, 5) is 0. The first-order valence-corrected chi connectivity index (χ1v) is 6.06. The Labute approximate surface area is 79.7 Å². The van der Waals surface area contributed by atoms with Crippen molar-refractivity contribution in [2.24, 2.45) is 5.14 Å². The third-order valence-corrected chi connectivity index (χ3v) is 2.18. The molecule has 0 aromatic heterocycles. The van der Waals surface area contributed by atoms with Crippen molar-refractivity contribution in [3.63, 3.8) is 0 Å². The SMILES string of the molecule is CCOCCCNCCS(N)(=O)=O. The molecule has 0 bridgehead atoms. The molecular formula is C7H18N2O3S. The molecule has 5 nitrogen and oxygen atoms in total. The van der Waals surface area contributed by atoms with Crippen LogP contribution in [0.25, 0.3) is 0 Å². The van der Waals surface area contributed by atoms with E-state index in [4.69, 9.17) is 9.88 Å². The summed E-state index contributed by atoms with van der Waals surface area (Å²) in [7, 11) is -3.32. The molecule has 13 heavy (non-hydrogen) atoms. The Morgan fingerprint density at radius 2 is 2.08 bits per heavy atom. The fourth-order valence-electron chi connectivity index (χ4n) is 0.783. The number of nitrogens with one attached hydrogen (secondary N) is 1. The monoisotopic (exact) mass is 210 g/mol. The molecule has 0 heterocycles. The molecule has 0 aromatic carbocycles. The first-order chi connectivity index (χ1) is 6.06. The van der Waals surface area contributed by atoms with E-state index in [1.165, 1.54) is 0 Å². The van der Waals surface area contributed by atoms with E-state index in [2.05, 4.69) is 5.32 Å². The minimum atomic E-state index is -3.32. The van der Waals surface area contributed by atoms with Crippen molar-refractivity contribution < 1.29 is 13.2 Å². The lowest BCUT2D eigenvalue weighted by molar-refractivity contribution is 0.145. The Kier molecular flexibility index (Phi) is 7.16. The van der Waals surface area contributed by atoms with Gasteiger partial charge in [-0.1, -0.05) is 0 Å². The van der Waals surface area contributed by atoms with Crippen LogP contribution in [0.4, 0.5) is 0 Å².